The number of anilines is 1. The van der Waals surface area contributed by atoms with Crippen molar-refractivity contribution in [3.05, 3.63) is 50.7 Å². The highest BCUT2D eigenvalue weighted by molar-refractivity contribution is 5.93. The van der Waals surface area contributed by atoms with Crippen molar-refractivity contribution in [2.24, 2.45) is 0 Å². The van der Waals surface area contributed by atoms with Crippen molar-refractivity contribution in [1.82, 2.24) is 4.57 Å². The third kappa shape index (κ3) is 4.09. The molecule has 0 atom stereocenters. The lowest BCUT2D eigenvalue weighted by Crippen LogP contribution is -2.23. The lowest BCUT2D eigenvalue weighted by molar-refractivity contribution is -0.385. The molecule has 8 heteroatoms. The van der Waals surface area contributed by atoms with Crippen molar-refractivity contribution in [3.8, 4) is 11.8 Å². The summed E-state index contributed by atoms with van der Waals surface area (Å²) in [5.74, 6) is 0.527. The monoisotopic (exact) mass is 396 g/mol. The Bertz CT molecular complexity index is 997. The lowest BCUT2D eigenvalue weighted by Gasteiger charge is -2.19. The van der Waals surface area contributed by atoms with Gasteiger partial charge in [0.25, 0.3) is 11.6 Å². The number of hydrogen-bond acceptors (Lipinski definition) is 5. The van der Waals surface area contributed by atoms with Gasteiger partial charge >= 0.3 is 0 Å². The number of aryl methyl sites for hydroxylation is 1. The number of carbonyl (C=O) groups is 1. The fraction of sp³-hybridized carbons (Fsp3) is 0.429. The molecule has 2 aromatic rings. The van der Waals surface area contributed by atoms with Crippen LogP contribution in [0.4, 0.5) is 11.5 Å². The van der Waals surface area contributed by atoms with Gasteiger partial charge in [-0.3, -0.25) is 14.9 Å². The van der Waals surface area contributed by atoms with Crippen molar-refractivity contribution < 1.29 is 14.5 Å². The van der Waals surface area contributed by atoms with Crippen LogP contribution < -0.4 is 10.1 Å². The standard InChI is InChI=1S/C21H24N4O4/c1-13-10-17(8-9-19(13)25(27)28)29-12-20(26)23-21-18(11-22)14(2)15(3)24(21)16-6-4-5-7-16/h8-10,16H,4-7,12H2,1-3H3,(H,23,26). The van der Waals surface area contributed by atoms with Crippen LogP contribution in [-0.4, -0.2) is 22.0 Å². The van der Waals surface area contributed by atoms with Crippen LogP contribution in [0.3, 0.4) is 0 Å². The zero-order chi connectivity index (χ0) is 21.1. The number of amides is 1. The number of nitro groups is 1. The number of benzene rings is 1. The number of rotatable bonds is 6. The van der Waals surface area contributed by atoms with Gasteiger partial charge in [0, 0.05) is 23.4 Å². The minimum Gasteiger partial charge on any atom is -0.484 e. The third-order valence-electron chi connectivity index (χ3n) is 5.55. The molecule has 1 fully saturated rings. The van der Waals surface area contributed by atoms with E-state index < -0.39 is 4.92 Å². The lowest BCUT2D eigenvalue weighted by atomic mass is 10.2. The zero-order valence-electron chi connectivity index (χ0n) is 16.8. The average molecular weight is 396 g/mol. The van der Waals surface area contributed by atoms with Crippen LogP contribution in [0.2, 0.25) is 0 Å². The van der Waals surface area contributed by atoms with Gasteiger partial charge in [-0.2, -0.15) is 5.26 Å². The number of carbonyl (C=O) groups excluding carboxylic acids is 1. The second-order valence-electron chi connectivity index (χ2n) is 7.40. The van der Waals surface area contributed by atoms with Crippen LogP contribution in [0.5, 0.6) is 5.75 Å². The van der Waals surface area contributed by atoms with Gasteiger partial charge in [-0.25, -0.2) is 0 Å². The molecule has 0 unspecified atom stereocenters. The molecule has 1 amide bonds. The first-order chi connectivity index (χ1) is 13.8. The minimum absolute atomic E-state index is 0.000745. The first-order valence-corrected chi connectivity index (χ1v) is 9.62. The Morgan fingerprint density at radius 1 is 1.34 bits per heavy atom. The highest BCUT2D eigenvalue weighted by Crippen LogP contribution is 2.37. The highest BCUT2D eigenvalue weighted by atomic mass is 16.6. The van der Waals surface area contributed by atoms with Gasteiger partial charge in [-0.15, -0.1) is 0 Å². The number of ether oxygens (including phenoxy) is 1. The molecule has 0 saturated heterocycles. The molecule has 0 aliphatic heterocycles. The molecule has 3 rings (SSSR count). The fourth-order valence-corrected chi connectivity index (χ4v) is 3.95. The van der Waals surface area contributed by atoms with Crippen molar-refractivity contribution in [3.63, 3.8) is 0 Å². The normalized spacial score (nSPS) is 13.9. The molecule has 1 aliphatic rings. The first-order valence-electron chi connectivity index (χ1n) is 9.62. The summed E-state index contributed by atoms with van der Waals surface area (Å²) in [6, 6.07) is 6.85. The van der Waals surface area contributed by atoms with E-state index in [2.05, 4.69) is 16.0 Å². The maximum atomic E-state index is 12.5. The van der Waals surface area contributed by atoms with E-state index in [0.29, 0.717) is 22.7 Å². The molecule has 1 heterocycles. The quantitative estimate of drug-likeness (QED) is 0.577. The number of aromatic nitrogens is 1. The molecule has 1 N–H and O–H groups in total. The van der Waals surface area contributed by atoms with E-state index >= 15 is 0 Å². The van der Waals surface area contributed by atoms with Crippen molar-refractivity contribution >= 4 is 17.4 Å². The van der Waals surface area contributed by atoms with Crippen molar-refractivity contribution in [2.45, 2.75) is 52.5 Å². The molecule has 152 valence electrons. The van der Waals surface area contributed by atoms with Crippen LogP contribution in [-0.2, 0) is 4.79 Å². The van der Waals surface area contributed by atoms with E-state index in [-0.39, 0.29) is 24.2 Å². The molecule has 0 spiro atoms. The van der Waals surface area contributed by atoms with Crippen LogP contribution in [0, 0.1) is 42.2 Å². The Morgan fingerprint density at radius 2 is 2.03 bits per heavy atom. The van der Waals surface area contributed by atoms with Crippen molar-refractivity contribution in [1.29, 1.82) is 5.26 Å². The van der Waals surface area contributed by atoms with Gasteiger partial charge in [0.05, 0.1) is 10.5 Å². The largest absolute Gasteiger partial charge is 0.484 e. The summed E-state index contributed by atoms with van der Waals surface area (Å²) < 4.78 is 7.58. The maximum Gasteiger partial charge on any atom is 0.272 e. The predicted octanol–water partition coefficient (Wildman–Crippen LogP) is 4.33. The molecular formula is C21H24N4O4. The molecule has 29 heavy (non-hydrogen) atoms. The summed E-state index contributed by atoms with van der Waals surface area (Å²) in [6.07, 6.45) is 4.33. The minimum atomic E-state index is -0.461. The highest BCUT2D eigenvalue weighted by Gasteiger charge is 2.26. The Labute approximate surface area is 169 Å². The average Bonchev–Trinajstić information content (AvgIpc) is 3.27. The summed E-state index contributed by atoms with van der Waals surface area (Å²) in [6.45, 7) is 5.23. The van der Waals surface area contributed by atoms with Crippen LogP contribution >= 0.6 is 0 Å². The van der Waals surface area contributed by atoms with Crippen LogP contribution in [0.1, 0.15) is 54.1 Å². The summed E-state index contributed by atoms with van der Waals surface area (Å²) in [7, 11) is 0. The second-order valence-corrected chi connectivity index (χ2v) is 7.40. The van der Waals surface area contributed by atoms with Gasteiger partial charge in [-0.1, -0.05) is 12.8 Å². The SMILES string of the molecule is Cc1cc(OCC(=O)Nc2c(C#N)c(C)c(C)n2C2CCCC2)ccc1[N+](=O)[O-]. The van der Waals surface area contributed by atoms with E-state index in [1.807, 2.05) is 13.8 Å². The van der Waals surface area contributed by atoms with E-state index in [0.717, 1.165) is 36.9 Å². The summed E-state index contributed by atoms with van der Waals surface area (Å²) in [5.41, 5.74) is 2.81. The molecular weight excluding hydrogens is 372 g/mol. The molecule has 1 aromatic heterocycles. The Morgan fingerprint density at radius 3 is 2.62 bits per heavy atom. The smallest absolute Gasteiger partial charge is 0.272 e. The van der Waals surface area contributed by atoms with Gasteiger partial charge in [-0.05, 0) is 51.3 Å². The molecule has 1 aromatic carbocycles. The van der Waals surface area contributed by atoms with E-state index in [9.17, 15) is 20.2 Å². The van der Waals surface area contributed by atoms with Crippen LogP contribution in [0.25, 0.3) is 0 Å². The van der Waals surface area contributed by atoms with Gasteiger partial charge in [0.2, 0.25) is 0 Å². The van der Waals surface area contributed by atoms with Gasteiger partial charge < -0.3 is 14.6 Å². The Kier molecular flexibility index (Phi) is 5.87. The number of nitriles is 1. The van der Waals surface area contributed by atoms with Gasteiger partial charge in [0.15, 0.2) is 6.61 Å². The molecule has 0 radical (unpaired) electrons. The first kappa shape index (κ1) is 20.4. The van der Waals surface area contributed by atoms with E-state index in [1.54, 1.807) is 6.92 Å². The summed E-state index contributed by atoms with van der Waals surface area (Å²) >= 11 is 0. The topological polar surface area (TPSA) is 110 Å². The van der Waals surface area contributed by atoms with Gasteiger partial charge in [0.1, 0.15) is 17.6 Å². The predicted molar refractivity (Wildman–Crippen MR) is 108 cm³/mol. The second kappa shape index (κ2) is 8.35. The number of hydrogen-bond donors (Lipinski definition) is 1. The maximum absolute atomic E-state index is 12.5. The zero-order valence-corrected chi connectivity index (χ0v) is 16.8. The third-order valence-corrected chi connectivity index (χ3v) is 5.55. The Hall–Kier alpha value is -3.34. The molecule has 0 bridgehead atoms. The summed E-state index contributed by atoms with van der Waals surface area (Å²) in [4.78, 5) is 23.0. The Balaban J connectivity index is 1.75. The summed E-state index contributed by atoms with van der Waals surface area (Å²) in [5, 5.41) is 23.4. The molecule has 1 aliphatic carbocycles. The van der Waals surface area contributed by atoms with E-state index in [1.165, 1.54) is 18.2 Å². The van der Waals surface area contributed by atoms with Crippen molar-refractivity contribution in [2.75, 3.05) is 11.9 Å². The number of nitro benzene ring substituents is 1. The van der Waals surface area contributed by atoms with E-state index in [4.69, 9.17) is 4.74 Å². The fourth-order valence-electron chi connectivity index (χ4n) is 3.95. The molecule has 1 saturated carbocycles. The number of nitrogens with zero attached hydrogens (tertiary/aromatic N) is 3. The number of nitrogens with one attached hydrogen (secondary N) is 1. The van der Waals surface area contributed by atoms with Crippen LogP contribution in [0.15, 0.2) is 18.2 Å². The molecule has 8 nitrogen and oxygen atoms in total.